The van der Waals surface area contributed by atoms with Crippen molar-refractivity contribution in [2.45, 2.75) is 25.6 Å². The highest BCUT2D eigenvalue weighted by atomic mass is 35.5. The van der Waals surface area contributed by atoms with E-state index in [0.29, 0.717) is 11.3 Å². The van der Waals surface area contributed by atoms with Gasteiger partial charge in [0.05, 0.1) is 0 Å². The second kappa shape index (κ2) is 4.03. The summed E-state index contributed by atoms with van der Waals surface area (Å²) in [5.74, 6) is 0.537. The van der Waals surface area contributed by atoms with Crippen molar-refractivity contribution in [1.82, 2.24) is 10.2 Å². The number of anilines is 1. The molecule has 0 bridgehead atoms. The Morgan fingerprint density at radius 3 is 2.86 bits per heavy atom. The summed E-state index contributed by atoms with van der Waals surface area (Å²) in [6, 6.07) is 0. The number of rotatable bonds is 1. The van der Waals surface area contributed by atoms with Gasteiger partial charge in [-0.15, -0.1) is 21.8 Å². The number of aromatic nitrogens is 2. The second-order valence-electron chi connectivity index (χ2n) is 3.83. The first-order valence-electron chi connectivity index (χ1n) is 4.86. The molecule has 0 N–H and O–H groups in total. The van der Waals surface area contributed by atoms with Crippen LogP contribution in [0.2, 0.25) is 0 Å². The van der Waals surface area contributed by atoms with Gasteiger partial charge in [-0.1, -0.05) is 18.3 Å². The molecule has 0 radical (unpaired) electrons. The SMILES string of the molecule is Cc1nnc(N2CCC(Cl)C(C)C2)s1. The Labute approximate surface area is 93.1 Å². The molecule has 2 atom stereocenters. The number of halogens is 1. The lowest BCUT2D eigenvalue weighted by atomic mass is 10.0. The van der Waals surface area contributed by atoms with Gasteiger partial charge in [0.2, 0.25) is 5.13 Å². The first kappa shape index (κ1) is 10.2. The fourth-order valence-electron chi connectivity index (χ4n) is 1.70. The molecule has 5 heteroatoms. The van der Waals surface area contributed by atoms with E-state index in [-0.39, 0.29) is 0 Å². The molecule has 3 nitrogen and oxygen atoms in total. The van der Waals surface area contributed by atoms with Crippen molar-refractivity contribution in [3.63, 3.8) is 0 Å². The summed E-state index contributed by atoms with van der Waals surface area (Å²) in [6.07, 6.45) is 1.04. The Balaban J connectivity index is 2.06. The lowest BCUT2D eigenvalue weighted by Crippen LogP contribution is -2.39. The summed E-state index contributed by atoms with van der Waals surface area (Å²) in [5.41, 5.74) is 0. The van der Waals surface area contributed by atoms with Gasteiger partial charge in [0.1, 0.15) is 5.01 Å². The maximum atomic E-state index is 6.17. The standard InChI is InChI=1S/C9H14ClN3S/c1-6-5-13(4-3-8(6)10)9-12-11-7(2)14-9/h6,8H,3-5H2,1-2H3. The molecule has 1 aromatic heterocycles. The molecule has 14 heavy (non-hydrogen) atoms. The normalized spacial score (nSPS) is 28.1. The van der Waals surface area contributed by atoms with Crippen LogP contribution in [0, 0.1) is 12.8 Å². The van der Waals surface area contributed by atoms with Crippen molar-refractivity contribution < 1.29 is 0 Å². The maximum absolute atomic E-state index is 6.17. The van der Waals surface area contributed by atoms with E-state index in [4.69, 9.17) is 11.6 Å². The summed E-state index contributed by atoms with van der Waals surface area (Å²) >= 11 is 7.82. The van der Waals surface area contributed by atoms with E-state index in [1.165, 1.54) is 0 Å². The van der Waals surface area contributed by atoms with Gasteiger partial charge in [-0.3, -0.25) is 0 Å². The van der Waals surface area contributed by atoms with Crippen LogP contribution in [-0.4, -0.2) is 28.7 Å². The van der Waals surface area contributed by atoms with E-state index in [1.807, 2.05) is 6.92 Å². The van der Waals surface area contributed by atoms with Crippen LogP contribution in [-0.2, 0) is 0 Å². The molecule has 2 unspecified atom stereocenters. The minimum atomic E-state index is 0.320. The highest BCUT2D eigenvalue weighted by molar-refractivity contribution is 7.15. The number of aryl methyl sites for hydroxylation is 1. The van der Waals surface area contributed by atoms with Gasteiger partial charge >= 0.3 is 0 Å². The molecule has 2 heterocycles. The van der Waals surface area contributed by atoms with Crippen molar-refractivity contribution in [3.05, 3.63) is 5.01 Å². The summed E-state index contributed by atoms with van der Waals surface area (Å²) < 4.78 is 0. The molecule has 0 saturated carbocycles. The lowest BCUT2D eigenvalue weighted by Gasteiger charge is -2.33. The van der Waals surface area contributed by atoms with Crippen molar-refractivity contribution in [2.24, 2.45) is 5.92 Å². The van der Waals surface area contributed by atoms with Crippen LogP contribution in [0.3, 0.4) is 0 Å². The van der Waals surface area contributed by atoms with Gasteiger partial charge < -0.3 is 4.90 Å². The van der Waals surface area contributed by atoms with Gasteiger partial charge in [0.15, 0.2) is 0 Å². The zero-order chi connectivity index (χ0) is 10.1. The molecule has 1 saturated heterocycles. The topological polar surface area (TPSA) is 29.0 Å². The van der Waals surface area contributed by atoms with Crippen LogP contribution in [0.5, 0.6) is 0 Å². The van der Waals surface area contributed by atoms with Crippen LogP contribution < -0.4 is 4.90 Å². The molecule has 2 rings (SSSR count). The highest BCUT2D eigenvalue weighted by Gasteiger charge is 2.25. The largest absolute Gasteiger partial charge is 0.346 e. The molecule has 0 aliphatic carbocycles. The average Bonchev–Trinajstić information content (AvgIpc) is 2.57. The second-order valence-corrected chi connectivity index (χ2v) is 5.55. The Morgan fingerprint density at radius 1 is 1.50 bits per heavy atom. The number of hydrogen-bond donors (Lipinski definition) is 0. The third kappa shape index (κ3) is 2.01. The predicted molar refractivity (Wildman–Crippen MR) is 60.3 cm³/mol. The van der Waals surface area contributed by atoms with Gasteiger partial charge in [-0.2, -0.15) is 0 Å². The van der Waals surface area contributed by atoms with Crippen LogP contribution >= 0.6 is 22.9 Å². The number of alkyl halides is 1. The third-order valence-corrected chi connectivity index (χ3v) is 4.13. The molecule has 0 amide bonds. The van der Waals surface area contributed by atoms with E-state index in [2.05, 4.69) is 22.0 Å². The predicted octanol–water partition coefficient (Wildman–Crippen LogP) is 2.30. The maximum Gasteiger partial charge on any atom is 0.208 e. The van der Waals surface area contributed by atoms with Crippen molar-refractivity contribution in [1.29, 1.82) is 0 Å². The molecular formula is C9H14ClN3S. The van der Waals surface area contributed by atoms with E-state index >= 15 is 0 Å². The Bertz CT molecular complexity index is 315. The first-order chi connectivity index (χ1) is 6.66. The van der Waals surface area contributed by atoms with Crippen LogP contribution in [0.1, 0.15) is 18.4 Å². The molecule has 1 aliphatic heterocycles. The smallest absolute Gasteiger partial charge is 0.208 e. The van der Waals surface area contributed by atoms with Crippen LogP contribution in [0.25, 0.3) is 0 Å². The van der Waals surface area contributed by atoms with Crippen molar-refractivity contribution in [2.75, 3.05) is 18.0 Å². The monoisotopic (exact) mass is 231 g/mol. The van der Waals surface area contributed by atoms with Gasteiger partial charge in [-0.25, -0.2) is 0 Å². The van der Waals surface area contributed by atoms with E-state index < -0.39 is 0 Å². The summed E-state index contributed by atoms with van der Waals surface area (Å²) in [6.45, 7) is 6.19. The summed E-state index contributed by atoms with van der Waals surface area (Å²) in [7, 11) is 0. The average molecular weight is 232 g/mol. The van der Waals surface area contributed by atoms with Gasteiger partial charge in [-0.05, 0) is 19.3 Å². The van der Waals surface area contributed by atoms with Gasteiger partial charge in [0.25, 0.3) is 0 Å². The molecule has 1 aliphatic rings. The molecule has 0 aromatic carbocycles. The van der Waals surface area contributed by atoms with E-state index in [9.17, 15) is 0 Å². The van der Waals surface area contributed by atoms with Crippen molar-refractivity contribution >= 4 is 28.1 Å². The summed E-state index contributed by atoms with van der Waals surface area (Å²) in [4.78, 5) is 2.29. The Morgan fingerprint density at radius 2 is 2.29 bits per heavy atom. The Hall–Kier alpha value is -0.350. The summed E-state index contributed by atoms with van der Waals surface area (Å²) in [5, 5.41) is 10.6. The minimum absolute atomic E-state index is 0.320. The zero-order valence-corrected chi connectivity index (χ0v) is 9.98. The number of hydrogen-bond acceptors (Lipinski definition) is 4. The van der Waals surface area contributed by atoms with Gasteiger partial charge in [0, 0.05) is 18.5 Å². The molecule has 1 fully saturated rings. The fourth-order valence-corrected chi connectivity index (χ4v) is 2.60. The van der Waals surface area contributed by atoms with Crippen LogP contribution in [0.4, 0.5) is 5.13 Å². The number of nitrogens with zero attached hydrogens (tertiary/aromatic N) is 3. The number of piperidine rings is 1. The van der Waals surface area contributed by atoms with E-state index in [1.54, 1.807) is 11.3 Å². The lowest BCUT2D eigenvalue weighted by molar-refractivity contribution is 0.453. The first-order valence-corrected chi connectivity index (χ1v) is 6.11. The zero-order valence-electron chi connectivity index (χ0n) is 8.40. The molecular weight excluding hydrogens is 218 g/mol. The molecule has 78 valence electrons. The third-order valence-electron chi connectivity index (χ3n) is 2.59. The van der Waals surface area contributed by atoms with Crippen LogP contribution in [0.15, 0.2) is 0 Å². The van der Waals surface area contributed by atoms with E-state index in [0.717, 1.165) is 29.6 Å². The van der Waals surface area contributed by atoms with Crippen molar-refractivity contribution in [3.8, 4) is 0 Å². The Kier molecular flexibility index (Phi) is 2.93. The quantitative estimate of drug-likeness (QED) is 0.695. The fraction of sp³-hybridized carbons (Fsp3) is 0.778. The highest BCUT2D eigenvalue weighted by Crippen LogP contribution is 2.27. The molecule has 1 aromatic rings. The molecule has 0 spiro atoms. The minimum Gasteiger partial charge on any atom is -0.346 e.